The molecule has 2 nitrogen and oxygen atoms in total. The SMILES string of the molecule is CN[C@@H]1CN(Cc2ccccc2)C[C@H]1C(F)(F)F. The van der Waals surface area contributed by atoms with Gasteiger partial charge in [0, 0.05) is 25.7 Å². The van der Waals surface area contributed by atoms with Gasteiger partial charge in [0.05, 0.1) is 5.92 Å². The number of benzene rings is 1. The van der Waals surface area contributed by atoms with Crippen LogP contribution in [0.5, 0.6) is 0 Å². The van der Waals surface area contributed by atoms with Gasteiger partial charge in [-0.3, -0.25) is 4.90 Å². The predicted octanol–water partition coefficient (Wildman–Crippen LogP) is 2.27. The number of nitrogens with one attached hydrogen (secondary N) is 1. The minimum absolute atomic E-state index is 0.0733. The van der Waals surface area contributed by atoms with Crippen LogP contribution in [-0.4, -0.2) is 37.3 Å². The third-order valence-corrected chi connectivity index (χ3v) is 3.44. The van der Waals surface area contributed by atoms with Crippen LogP contribution >= 0.6 is 0 Å². The van der Waals surface area contributed by atoms with Gasteiger partial charge in [-0.2, -0.15) is 13.2 Å². The molecule has 0 saturated carbocycles. The number of alkyl halides is 3. The largest absolute Gasteiger partial charge is 0.394 e. The first-order chi connectivity index (χ1) is 8.50. The summed E-state index contributed by atoms with van der Waals surface area (Å²) in [6.45, 7) is 1.09. The van der Waals surface area contributed by atoms with E-state index in [-0.39, 0.29) is 6.54 Å². The molecule has 0 bridgehead atoms. The molecule has 1 aromatic rings. The van der Waals surface area contributed by atoms with Crippen molar-refractivity contribution in [3.63, 3.8) is 0 Å². The second-order valence-electron chi connectivity index (χ2n) is 4.72. The van der Waals surface area contributed by atoms with Gasteiger partial charge in [0.15, 0.2) is 0 Å². The van der Waals surface area contributed by atoms with Crippen LogP contribution in [0.4, 0.5) is 13.2 Å². The van der Waals surface area contributed by atoms with Crippen LogP contribution in [0.15, 0.2) is 30.3 Å². The highest BCUT2D eigenvalue weighted by molar-refractivity contribution is 5.15. The second-order valence-corrected chi connectivity index (χ2v) is 4.72. The van der Waals surface area contributed by atoms with Gasteiger partial charge in [-0.15, -0.1) is 0 Å². The molecular formula is C13H17F3N2. The van der Waals surface area contributed by atoms with Crippen molar-refractivity contribution in [2.24, 2.45) is 5.92 Å². The fraction of sp³-hybridized carbons (Fsp3) is 0.538. The minimum atomic E-state index is -4.13. The molecule has 1 N–H and O–H groups in total. The molecule has 100 valence electrons. The summed E-state index contributed by atoms with van der Waals surface area (Å²) in [4.78, 5) is 1.86. The summed E-state index contributed by atoms with van der Waals surface area (Å²) in [7, 11) is 1.59. The summed E-state index contributed by atoms with van der Waals surface area (Å²) >= 11 is 0. The molecule has 2 atom stereocenters. The first kappa shape index (κ1) is 13.4. The summed E-state index contributed by atoms with van der Waals surface area (Å²) in [5, 5.41) is 2.77. The van der Waals surface area contributed by atoms with E-state index < -0.39 is 18.1 Å². The summed E-state index contributed by atoms with van der Waals surface area (Å²) < 4.78 is 38.5. The molecule has 0 aliphatic carbocycles. The van der Waals surface area contributed by atoms with Gasteiger partial charge in [0.2, 0.25) is 0 Å². The van der Waals surface area contributed by atoms with Gasteiger partial charge in [-0.25, -0.2) is 0 Å². The Hall–Kier alpha value is -1.07. The van der Waals surface area contributed by atoms with Crippen molar-refractivity contribution in [3.8, 4) is 0 Å². The fourth-order valence-electron chi connectivity index (χ4n) is 2.48. The van der Waals surface area contributed by atoms with E-state index in [1.807, 2.05) is 35.2 Å². The molecule has 18 heavy (non-hydrogen) atoms. The number of likely N-dealkylation sites (N-methyl/N-ethyl adjacent to an activating group) is 1. The molecule has 1 heterocycles. The Morgan fingerprint density at radius 1 is 1.22 bits per heavy atom. The Kier molecular flexibility index (Phi) is 3.92. The van der Waals surface area contributed by atoms with Gasteiger partial charge in [-0.1, -0.05) is 30.3 Å². The molecular weight excluding hydrogens is 241 g/mol. The average molecular weight is 258 g/mol. The molecule has 1 aliphatic rings. The normalized spacial score (nSPS) is 25.6. The number of rotatable bonds is 3. The zero-order chi connectivity index (χ0) is 13.2. The van der Waals surface area contributed by atoms with Crippen LogP contribution in [0.1, 0.15) is 5.56 Å². The summed E-state index contributed by atoms with van der Waals surface area (Å²) in [6.07, 6.45) is -4.13. The highest BCUT2D eigenvalue weighted by atomic mass is 19.4. The highest BCUT2D eigenvalue weighted by Gasteiger charge is 2.48. The van der Waals surface area contributed by atoms with Gasteiger partial charge >= 0.3 is 6.18 Å². The van der Waals surface area contributed by atoms with E-state index in [0.29, 0.717) is 13.1 Å². The van der Waals surface area contributed by atoms with Gasteiger partial charge in [0.25, 0.3) is 0 Å². The molecule has 0 radical (unpaired) electrons. The van der Waals surface area contributed by atoms with E-state index in [4.69, 9.17) is 0 Å². The zero-order valence-corrected chi connectivity index (χ0v) is 10.2. The lowest BCUT2D eigenvalue weighted by atomic mass is 10.0. The quantitative estimate of drug-likeness (QED) is 0.894. The van der Waals surface area contributed by atoms with Crippen molar-refractivity contribution in [3.05, 3.63) is 35.9 Å². The van der Waals surface area contributed by atoms with Crippen molar-refractivity contribution in [1.29, 1.82) is 0 Å². The average Bonchev–Trinajstić information content (AvgIpc) is 2.73. The third kappa shape index (κ3) is 3.03. The minimum Gasteiger partial charge on any atom is -0.315 e. The first-order valence-electron chi connectivity index (χ1n) is 6.01. The molecule has 5 heteroatoms. The smallest absolute Gasteiger partial charge is 0.315 e. The van der Waals surface area contributed by atoms with Crippen LogP contribution in [0, 0.1) is 5.92 Å². The van der Waals surface area contributed by atoms with Crippen LogP contribution in [0.25, 0.3) is 0 Å². The monoisotopic (exact) mass is 258 g/mol. The Balaban J connectivity index is 2.01. The van der Waals surface area contributed by atoms with E-state index in [2.05, 4.69) is 5.32 Å². The third-order valence-electron chi connectivity index (χ3n) is 3.44. The molecule has 2 rings (SSSR count). The molecule has 0 amide bonds. The maximum Gasteiger partial charge on any atom is 0.394 e. The van der Waals surface area contributed by atoms with Crippen LogP contribution in [0.3, 0.4) is 0 Å². The number of hydrogen-bond donors (Lipinski definition) is 1. The van der Waals surface area contributed by atoms with Gasteiger partial charge < -0.3 is 5.32 Å². The number of halogens is 3. The summed E-state index contributed by atoms with van der Waals surface area (Å²) in [5.74, 6) is -1.27. The van der Waals surface area contributed by atoms with Crippen LogP contribution < -0.4 is 5.32 Å². The first-order valence-corrected chi connectivity index (χ1v) is 6.01. The molecule has 0 unspecified atom stereocenters. The van der Waals surface area contributed by atoms with Gasteiger partial charge in [0.1, 0.15) is 0 Å². The van der Waals surface area contributed by atoms with E-state index in [9.17, 15) is 13.2 Å². The Bertz CT molecular complexity index is 378. The molecule has 1 saturated heterocycles. The molecule has 1 aliphatic heterocycles. The number of likely N-dealkylation sites (tertiary alicyclic amines) is 1. The van der Waals surface area contributed by atoms with E-state index >= 15 is 0 Å². The number of nitrogens with zero attached hydrogens (tertiary/aromatic N) is 1. The van der Waals surface area contributed by atoms with Crippen molar-refractivity contribution in [2.75, 3.05) is 20.1 Å². The molecule has 0 spiro atoms. The lowest BCUT2D eigenvalue weighted by Crippen LogP contribution is -2.40. The maximum atomic E-state index is 12.8. The van der Waals surface area contributed by atoms with Crippen molar-refractivity contribution in [2.45, 2.75) is 18.8 Å². The molecule has 0 aromatic heterocycles. The van der Waals surface area contributed by atoms with E-state index in [1.165, 1.54) is 0 Å². The molecule has 1 fully saturated rings. The highest BCUT2D eigenvalue weighted by Crippen LogP contribution is 2.34. The topological polar surface area (TPSA) is 15.3 Å². The van der Waals surface area contributed by atoms with Crippen molar-refractivity contribution in [1.82, 2.24) is 10.2 Å². The predicted molar refractivity (Wildman–Crippen MR) is 64.1 cm³/mol. The van der Waals surface area contributed by atoms with Crippen LogP contribution in [-0.2, 0) is 6.54 Å². The Morgan fingerprint density at radius 2 is 1.89 bits per heavy atom. The van der Waals surface area contributed by atoms with Crippen molar-refractivity contribution >= 4 is 0 Å². The van der Waals surface area contributed by atoms with E-state index in [1.54, 1.807) is 7.05 Å². The lowest BCUT2D eigenvalue weighted by Gasteiger charge is -2.20. The standard InChI is InChI=1S/C13H17F3N2/c1-17-12-9-18(8-11(12)13(14,15)16)7-10-5-3-2-4-6-10/h2-6,11-12,17H,7-9H2,1H3/t11-,12-/m1/s1. The summed E-state index contributed by atoms with van der Waals surface area (Å²) in [6, 6.07) is 9.09. The zero-order valence-electron chi connectivity index (χ0n) is 10.2. The van der Waals surface area contributed by atoms with Crippen LogP contribution in [0.2, 0.25) is 0 Å². The lowest BCUT2D eigenvalue weighted by molar-refractivity contribution is -0.175. The Labute approximate surface area is 105 Å². The number of hydrogen-bond acceptors (Lipinski definition) is 2. The molecule has 1 aromatic carbocycles. The second kappa shape index (κ2) is 5.28. The van der Waals surface area contributed by atoms with Gasteiger partial charge in [-0.05, 0) is 12.6 Å². The Morgan fingerprint density at radius 3 is 2.39 bits per heavy atom. The maximum absolute atomic E-state index is 12.8. The van der Waals surface area contributed by atoms with Crippen molar-refractivity contribution < 1.29 is 13.2 Å². The summed E-state index contributed by atoms with van der Waals surface area (Å²) in [5.41, 5.74) is 1.05. The fourth-order valence-corrected chi connectivity index (χ4v) is 2.48. The van der Waals surface area contributed by atoms with E-state index in [0.717, 1.165) is 5.56 Å².